The third kappa shape index (κ3) is 7.10. The highest BCUT2D eigenvalue weighted by Crippen LogP contribution is 2.26. The van der Waals surface area contributed by atoms with E-state index in [1.54, 1.807) is 0 Å². The van der Waals surface area contributed by atoms with Crippen molar-refractivity contribution in [1.82, 2.24) is 0 Å². The van der Waals surface area contributed by atoms with E-state index in [1.165, 1.54) is 19.3 Å². The Kier molecular flexibility index (Phi) is 12.0. The summed E-state index contributed by atoms with van der Waals surface area (Å²) in [6.45, 7) is 15.7. The van der Waals surface area contributed by atoms with Gasteiger partial charge in [-0.25, -0.2) is 0 Å². The fourth-order valence-electron chi connectivity index (χ4n) is 1.75. The van der Waals surface area contributed by atoms with Gasteiger partial charge in [0, 0.05) is 0 Å². The molecule has 0 heterocycles. The maximum absolute atomic E-state index is 2.40. The lowest BCUT2D eigenvalue weighted by atomic mass is 9.81. The fourth-order valence-corrected chi connectivity index (χ4v) is 1.75. The van der Waals surface area contributed by atoms with Gasteiger partial charge in [-0.15, -0.1) is 0 Å². The van der Waals surface area contributed by atoms with E-state index < -0.39 is 0 Å². The van der Waals surface area contributed by atoms with Crippen molar-refractivity contribution in [2.75, 3.05) is 0 Å². The van der Waals surface area contributed by atoms with Crippen LogP contribution in [0.2, 0.25) is 0 Å². The summed E-state index contributed by atoms with van der Waals surface area (Å²) >= 11 is 0. The molecule has 0 saturated carbocycles. The van der Waals surface area contributed by atoms with Crippen LogP contribution in [0.1, 0.15) is 67.7 Å². The van der Waals surface area contributed by atoms with Crippen molar-refractivity contribution in [2.24, 2.45) is 17.8 Å². The summed E-state index contributed by atoms with van der Waals surface area (Å²) in [5.74, 6) is 2.71. The summed E-state index contributed by atoms with van der Waals surface area (Å²) in [4.78, 5) is 0. The fraction of sp³-hybridized carbons (Fsp3) is 1.00. The molecule has 0 aliphatic rings. The molecule has 0 aliphatic heterocycles. The zero-order valence-corrected chi connectivity index (χ0v) is 10.9. The molecule has 13 heavy (non-hydrogen) atoms. The monoisotopic (exact) mass is 186 g/mol. The largest absolute Gasteiger partial charge is 0.0683 e. The van der Waals surface area contributed by atoms with Gasteiger partial charge in [-0.05, 0) is 17.8 Å². The molecule has 0 saturated heterocycles. The Morgan fingerprint density at radius 2 is 1.38 bits per heavy atom. The number of rotatable bonds is 5. The van der Waals surface area contributed by atoms with Crippen LogP contribution in [-0.2, 0) is 0 Å². The Balaban J connectivity index is 0. The quantitative estimate of drug-likeness (QED) is 0.558. The van der Waals surface area contributed by atoms with Crippen LogP contribution in [0.25, 0.3) is 0 Å². The highest BCUT2D eigenvalue weighted by Gasteiger charge is 2.16. The zero-order valence-electron chi connectivity index (χ0n) is 10.9. The minimum atomic E-state index is 0.853. The molecule has 2 atom stereocenters. The van der Waals surface area contributed by atoms with Crippen LogP contribution in [0.5, 0.6) is 0 Å². The van der Waals surface area contributed by atoms with E-state index in [0.29, 0.717) is 0 Å². The van der Waals surface area contributed by atoms with Gasteiger partial charge in [0.25, 0.3) is 0 Å². The first-order valence-electron chi connectivity index (χ1n) is 6.13. The van der Waals surface area contributed by atoms with Gasteiger partial charge >= 0.3 is 0 Å². The molecule has 0 bridgehead atoms. The molecule has 0 spiro atoms. The van der Waals surface area contributed by atoms with Crippen molar-refractivity contribution >= 4 is 0 Å². The highest BCUT2D eigenvalue weighted by molar-refractivity contribution is 4.67. The van der Waals surface area contributed by atoms with Crippen LogP contribution >= 0.6 is 0 Å². The smallest absolute Gasteiger partial charge is 0.0389 e. The van der Waals surface area contributed by atoms with Gasteiger partial charge in [0.1, 0.15) is 0 Å². The van der Waals surface area contributed by atoms with E-state index in [9.17, 15) is 0 Å². The third-order valence-electron chi connectivity index (χ3n) is 2.98. The van der Waals surface area contributed by atoms with E-state index >= 15 is 0 Å². The summed E-state index contributed by atoms with van der Waals surface area (Å²) < 4.78 is 0. The zero-order chi connectivity index (χ0) is 10.9. The van der Waals surface area contributed by atoms with E-state index in [0.717, 1.165) is 17.8 Å². The van der Waals surface area contributed by atoms with Crippen molar-refractivity contribution in [3.05, 3.63) is 0 Å². The van der Waals surface area contributed by atoms with Gasteiger partial charge < -0.3 is 0 Å². The third-order valence-corrected chi connectivity index (χ3v) is 2.98. The van der Waals surface area contributed by atoms with Crippen LogP contribution < -0.4 is 0 Å². The lowest BCUT2D eigenvalue weighted by Crippen LogP contribution is -2.16. The Bertz CT molecular complexity index is 84.0. The van der Waals surface area contributed by atoms with E-state index in [-0.39, 0.29) is 0 Å². The standard InChI is InChI=1S/C11H24.C2H6/c1-6-8-11(7-2)10(5)9(3)4;1-2/h9-11H,6-8H2,1-5H3;1-2H3. The van der Waals surface area contributed by atoms with Gasteiger partial charge in [0.05, 0.1) is 0 Å². The molecule has 0 aromatic carbocycles. The Labute approximate surface area is 86.1 Å². The molecule has 0 fully saturated rings. The molecule has 0 N–H and O–H groups in total. The average molecular weight is 186 g/mol. The van der Waals surface area contributed by atoms with Crippen molar-refractivity contribution < 1.29 is 0 Å². The molecule has 0 heteroatoms. The second-order valence-electron chi connectivity index (χ2n) is 4.06. The molecular weight excluding hydrogens is 156 g/mol. The van der Waals surface area contributed by atoms with Gasteiger partial charge in [0.15, 0.2) is 0 Å². The maximum atomic E-state index is 2.40. The molecule has 0 aromatic rings. The van der Waals surface area contributed by atoms with Crippen LogP contribution in [0.15, 0.2) is 0 Å². The van der Waals surface area contributed by atoms with E-state index in [4.69, 9.17) is 0 Å². The first-order valence-corrected chi connectivity index (χ1v) is 6.13. The first-order chi connectivity index (χ1) is 6.13. The first kappa shape index (κ1) is 15.5. The summed E-state index contributed by atoms with van der Waals surface area (Å²) in [5, 5.41) is 0. The Hall–Kier alpha value is 0. The molecule has 2 unspecified atom stereocenters. The molecule has 0 amide bonds. The predicted molar refractivity (Wildman–Crippen MR) is 64.0 cm³/mol. The van der Waals surface area contributed by atoms with Gasteiger partial charge in [-0.1, -0.05) is 67.7 Å². The lowest BCUT2D eigenvalue weighted by Gasteiger charge is -2.25. The van der Waals surface area contributed by atoms with Crippen LogP contribution in [0.4, 0.5) is 0 Å². The van der Waals surface area contributed by atoms with Gasteiger partial charge in [-0.2, -0.15) is 0 Å². The minimum absolute atomic E-state index is 0.853. The lowest BCUT2D eigenvalue weighted by molar-refractivity contribution is 0.253. The number of hydrogen-bond acceptors (Lipinski definition) is 0. The Morgan fingerprint density at radius 3 is 1.62 bits per heavy atom. The molecule has 0 aromatic heterocycles. The van der Waals surface area contributed by atoms with E-state index in [1.807, 2.05) is 13.8 Å². The Morgan fingerprint density at radius 1 is 0.923 bits per heavy atom. The molecule has 82 valence electrons. The topological polar surface area (TPSA) is 0 Å². The predicted octanol–water partition coefficient (Wildman–Crippen LogP) is 5.13. The normalized spacial score (nSPS) is 14.8. The second kappa shape index (κ2) is 10.1. The van der Waals surface area contributed by atoms with Gasteiger partial charge in [-0.3, -0.25) is 0 Å². The average Bonchev–Trinajstić information content (AvgIpc) is 2.16. The highest BCUT2D eigenvalue weighted by atomic mass is 14.2. The molecule has 0 nitrogen and oxygen atoms in total. The van der Waals surface area contributed by atoms with Crippen molar-refractivity contribution in [3.63, 3.8) is 0 Å². The molecule has 0 rings (SSSR count). The summed E-state index contributed by atoms with van der Waals surface area (Å²) in [6, 6.07) is 0. The van der Waals surface area contributed by atoms with Crippen LogP contribution in [0, 0.1) is 17.8 Å². The summed E-state index contributed by atoms with van der Waals surface area (Å²) in [5.41, 5.74) is 0. The van der Waals surface area contributed by atoms with Crippen LogP contribution in [0.3, 0.4) is 0 Å². The summed E-state index contributed by atoms with van der Waals surface area (Å²) in [7, 11) is 0. The number of hydrogen-bond donors (Lipinski definition) is 0. The van der Waals surface area contributed by atoms with Crippen molar-refractivity contribution in [1.29, 1.82) is 0 Å². The van der Waals surface area contributed by atoms with Gasteiger partial charge in [0.2, 0.25) is 0 Å². The van der Waals surface area contributed by atoms with Crippen molar-refractivity contribution in [2.45, 2.75) is 67.7 Å². The van der Waals surface area contributed by atoms with E-state index in [2.05, 4.69) is 34.6 Å². The molecule has 0 aliphatic carbocycles. The second-order valence-corrected chi connectivity index (χ2v) is 4.06. The van der Waals surface area contributed by atoms with Crippen LogP contribution in [-0.4, -0.2) is 0 Å². The molecule has 0 radical (unpaired) electrons. The molecular formula is C13H30. The SMILES string of the molecule is CC.CCCC(CC)C(C)C(C)C. The minimum Gasteiger partial charge on any atom is -0.0683 e. The maximum Gasteiger partial charge on any atom is -0.0389 e. The summed E-state index contributed by atoms with van der Waals surface area (Å²) in [6.07, 6.45) is 4.11. The van der Waals surface area contributed by atoms with Crippen molar-refractivity contribution in [3.8, 4) is 0 Å².